The van der Waals surface area contributed by atoms with Gasteiger partial charge in [0, 0.05) is 31.7 Å². The molecule has 3 saturated heterocycles. The van der Waals surface area contributed by atoms with E-state index in [1.807, 2.05) is 4.90 Å². The van der Waals surface area contributed by atoms with Gasteiger partial charge >= 0.3 is 6.55 Å². The van der Waals surface area contributed by atoms with Crippen LogP contribution in [0.5, 0.6) is 0 Å². The number of carbonyl (C=O) groups is 1. The first-order valence-corrected chi connectivity index (χ1v) is 11.6. The number of rotatable bonds is 5. The summed E-state index contributed by atoms with van der Waals surface area (Å²) < 4.78 is 40.1. The number of hydrogen-bond acceptors (Lipinski definition) is 4. The lowest BCUT2D eigenvalue weighted by Crippen LogP contribution is -2.55. The lowest BCUT2D eigenvalue weighted by atomic mass is 9.68. The van der Waals surface area contributed by atoms with E-state index in [9.17, 15) is 18.0 Å². The second-order valence-electron chi connectivity index (χ2n) is 9.62. The molecule has 3 heterocycles. The normalized spacial score (nSPS) is 40.8. The average molecular weight is 429 g/mol. The summed E-state index contributed by atoms with van der Waals surface area (Å²) in [5.74, 6) is 1.44. The fourth-order valence-corrected chi connectivity index (χ4v) is 6.36. The van der Waals surface area contributed by atoms with Crippen molar-refractivity contribution in [2.24, 2.45) is 23.7 Å². The Labute approximate surface area is 177 Å². The Hall–Kier alpha value is -1.12. The SMILES string of the molecule is C=CC(=O)N1CCC(C2CNC(C3CCC(F)CC3)CC2C2CCN(C(F)F)N2)C1. The molecule has 30 heavy (non-hydrogen) atoms. The lowest BCUT2D eigenvalue weighted by Gasteiger charge is -2.46. The zero-order valence-electron chi connectivity index (χ0n) is 17.6. The molecule has 0 spiro atoms. The standard InChI is InChI=1S/C22H35F3N4O/c1-2-21(30)28-9-7-15(13-28)18-12-26-20(14-3-5-16(23)6-4-14)11-17(18)19-8-10-29(27-19)22(24)25/h2,14-20,22,26-27H,1,3-13H2. The maximum atomic E-state index is 13.6. The van der Waals surface area contributed by atoms with E-state index in [-0.39, 0.29) is 17.9 Å². The van der Waals surface area contributed by atoms with Crippen LogP contribution in [0.25, 0.3) is 0 Å². The van der Waals surface area contributed by atoms with Gasteiger partial charge in [0.05, 0.1) is 0 Å². The highest BCUT2D eigenvalue weighted by atomic mass is 19.3. The van der Waals surface area contributed by atoms with Crippen LogP contribution in [0.15, 0.2) is 12.7 Å². The zero-order chi connectivity index (χ0) is 21.3. The van der Waals surface area contributed by atoms with Crippen LogP contribution in [-0.2, 0) is 4.79 Å². The van der Waals surface area contributed by atoms with Crippen LogP contribution in [-0.4, -0.2) is 66.8 Å². The van der Waals surface area contributed by atoms with Gasteiger partial charge in [-0.1, -0.05) is 6.58 Å². The first-order valence-electron chi connectivity index (χ1n) is 11.6. The molecule has 1 amide bonds. The summed E-state index contributed by atoms with van der Waals surface area (Å²) in [6.45, 7) is 3.78. The van der Waals surface area contributed by atoms with Gasteiger partial charge in [-0.15, -0.1) is 0 Å². The van der Waals surface area contributed by atoms with Crippen LogP contribution in [0.1, 0.15) is 44.9 Å². The van der Waals surface area contributed by atoms with E-state index in [1.54, 1.807) is 0 Å². The third-order valence-corrected chi connectivity index (χ3v) is 8.04. The van der Waals surface area contributed by atoms with Gasteiger partial charge in [-0.25, -0.2) is 9.82 Å². The van der Waals surface area contributed by atoms with Gasteiger partial charge < -0.3 is 10.2 Å². The van der Waals surface area contributed by atoms with Gasteiger partial charge in [0.2, 0.25) is 5.91 Å². The number of piperidine rings is 1. The monoisotopic (exact) mass is 428 g/mol. The molecule has 4 aliphatic rings. The summed E-state index contributed by atoms with van der Waals surface area (Å²) in [6, 6.07) is 0.365. The van der Waals surface area contributed by atoms with Crippen LogP contribution >= 0.6 is 0 Å². The lowest BCUT2D eigenvalue weighted by molar-refractivity contribution is -0.125. The largest absolute Gasteiger partial charge is 0.339 e. The van der Waals surface area contributed by atoms with Crippen LogP contribution in [0, 0.1) is 23.7 Å². The third-order valence-electron chi connectivity index (χ3n) is 8.04. The molecule has 5 nitrogen and oxygen atoms in total. The summed E-state index contributed by atoms with van der Waals surface area (Å²) in [6.07, 6.45) is 6.39. The molecule has 0 bridgehead atoms. The molecule has 3 aliphatic heterocycles. The van der Waals surface area contributed by atoms with Crippen LogP contribution in [0.2, 0.25) is 0 Å². The van der Waals surface area contributed by atoms with E-state index >= 15 is 0 Å². The number of likely N-dealkylation sites (tertiary alicyclic amines) is 1. The van der Waals surface area contributed by atoms with Gasteiger partial charge in [0.15, 0.2) is 0 Å². The highest BCUT2D eigenvalue weighted by Gasteiger charge is 2.45. The van der Waals surface area contributed by atoms with Crippen molar-refractivity contribution in [3.63, 3.8) is 0 Å². The summed E-state index contributed by atoms with van der Waals surface area (Å²) in [7, 11) is 0. The number of nitrogens with zero attached hydrogens (tertiary/aromatic N) is 2. The van der Waals surface area contributed by atoms with E-state index in [4.69, 9.17) is 0 Å². The number of amides is 1. The number of carbonyl (C=O) groups excluding carboxylic acids is 1. The molecule has 5 unspecified atom stereocenters. The second kappa shape index (κ2) is 9.57. The van der Waals surface area contributed by atoms with E-state index in [0.29, 0.717) is 43.2 Å². The van der Waals surface area contributed by atoms with Gasteiger partial charge in [-0.3, -0.25) is 4.79 Å². The molecule has 4 rings (SSSR count). The second-order valence-corrected chi connectivity index (χ2v) is 9.62. The molecule has 8 heteroatoms. The first-order chi connectivity index (χ1) is 14.5. The van der Waals surface area contributed by atoms with Crippen molar-refractivity contribution in [2.75, 3.05) is 26.2 Å². The molecule has 0 aromatic heterocycles. The molecule has 170 valence electrons. The predicted octanol–water partition coefficient (Wildman–Crippen LogP) is 2.95. The Balaban J connectivity index is 1.45. The maximum Gasteiger partial charge on any atom is 0.306 e. The van der Waals surface area contributed by atoms with Crippen molar-refractivity contribution >= 4 is 5.91 Å². The highest BCUT2D eigenvalue weighted by Crippen LogP contribution is 2.41. The fourth-order valence-electron chi connectivity index (χ4n) is 6.36. The molecule has 1 aliphatic carbocycles. The van der Waals surface area contributed by atoms with E-state index in [2.05, 4.69) is 17.3 Å². The third kappa shape index (κ3) is 4.70. The van der Waals surface area contributed by atoms with E-state index in [0.717, 1.165) is 56.7 Å². The van der Waals surface area contributed by atoms with Crippen molar-refractivity contribution in [1.82, 2.24) is 20.7 Å². The molecule has 0 radical (unpaired) electrons. The van der Waals surface area contributed by atoms with Crippen LogP contribution in [0.4, 0.5) is 13.2 Å². The Morgan fingerprint density at radius 1 is 1.00 bits per heavy atom. The van der Waals surface area contributed by atoms with E-state index in [1.165, 1.54) is 6.08 Å². The number of nitrogens with one attached hydrogen (secondary N) is 2. The minimum atomic E-state index is -2.49. The Morgan fingerprint density at radius 2 is 1.77 bits per heavy atom. The summed E-state index contributed by atoms with van der Waals surface area (Å²) >= 11 is 0. The highest BCUT2D eigenvalue weighted by molar-refractivity contribution is 5.87. The molecule has 0 aromatic rings. The van der Waals surface area contributed by atoms with E-state index < -0.39 is 12.7 Å². The Bertz CT molecular complexity index is 613. The zero-order valence-corrected chi connectivity index (χ0v) is 17.6. The molecule has 2 N–H and O–H groups in total. The predicted molar refractivity (Wildman–Crippen MR) is 109 cm³/mol. The van der Waals surface area contributed by atoms with Crippen molar-refractivity contribution in [1.29, 1.82) is 0 Å². The van der Waals surface area contributed by atoms with Gasteiger partial charge in [-0.2, -0.15) is 13.8 Å². The number of hydrogen-bond donors (Lipinski definition) is 2. The van der Waals surface area contributed by atoms with Crippen LogP contribution in [0.3, 0.4) is 0 Å². The topological polar surface area (TPSA) is 47.6 Å². The van der Waals surface area contributed by atoms with Crippen molar-refractivity contribution < 1.29 is 18.0 Å². The molecule has 1 saturated carbocycles. The molecule has 4 fully saturated rings. The molecule has 0 aromatic carbocycles. The smallest absolute Gasteiger partial charge is 0.306 e. The fraction of sp³-hybridized carbons (Fsp3) is 0.864. The molecular formula is C22H35F3N4O. The van der Waals surface area contributed by atoms with Gasteiger partial charge in [0.1, 0.15) is 6.17 Å². The Kier molecular flexibility index (Phi) is 7.05. The molecule has 5 atom stereocenters. The minimum absolute atomic E-state index is 0.0263. The number of hydrazine groups is 1. The summed E-state index contributed by atoms with van der Waals surface area (Å²) in [5.41, 5.74) is 3.09. The summed E-state index contributed by atoms with van der Waals surface area (Å²) in [5, 5.41) is 4.81. The summed E-state index contributed by atoms with van der Waals surface area (Å²) in [4.78, 5) is 13.9. The van der Waals surface area contributed by atoms with Crippen LogP contribution < -0.4 is 10.7 Å². The average Bonchev–Trinajstić information content (AvgIpc) is 3.43. The molecular weight excluding hydrogens is 393 g/mol. The first kappa shape index (κ1) is 22.1. The van der Waals surface area contributed by atoms with Crippen molar-refractivity contribution in [3.05, 3.63) is 12.7 Å². The number of halogens is 3. The van der Waals surface area contributed by atoms with Gasteiger partial charge in [-0.05, 0) is 81.2 Å². The Morgan fingerprint density at radius 3 is 2.43 bits per heavy atom. The van der Waals surface area contributed by atoms with Crippen molar-refractivity contribution in [3.8, 4) is 0 Å². The number of alkyl halides is 3. The quantitative estimate of drug-likeness (QED) is 0.522. The minimum Gasteiger partial charge on any atom is -0.339 e. The van der Waals surface area contributed by atoms with Gasteiger partial charge in [0.25, 0.3) is 0 Å². The van der Waals surface area contributed by atoms with Crippen molar-refractivity contribution in [2.45, 2.75) is 69.8 Å². The maximum absolute atomic E-state index is 13.6.